The van der Waals surface area contributed by atoms with Gasteiger partial charge in [-0.25, -0.2) is 9.97 Å². The monoisotopic (exact) mass is 570 g/mol. The van der Waals surface area contributed by atoms with Crippen molar-refractivity contribution < 1.29 is 0 Å². The molecule has 0 radical (unpaired) electrons. The number of fused-ring (bicyclic) bond motifs is 2. The zero-order valence-electron chi connectivity index (χ0n) is 23.6. The summed E-state index contributed by atoms with van der Waals surface area (Å²) in [4.78, 5) is 29.8. The lowest BCUT2D eigenvalue weighted by Gasteiger charge is -2.25. The first-order chi connectivity index (χ1) is 21.9. The van der Waals surface area contributed by atoms with Crippen LogP contribution in [0.5, 0.6) is 0 Å². The first-order valence-corrected chi connectivity index (χ1v) is 14.5. The first-order valence-electron chi connectivity index (χ1n) is 14.5. The minimum Gasteiger partial charge on any atom is -0.298 e. The molecule has 8 heteroatoms. The Morgan fingerprint density at radius 1 is 0.409 bits per heavy atom. The van der Waals surface area contributed by atoms with Crippen LogP contribution in [-0.4, -0.2) is 38.7 Å². The minimum absolute atomic E-state index is 0.337. The fourth-order valence-corrected chi connectivity index (χ4v) is 5.99. The van der Waals surface area contributed by atoms with Crippen molar-refractivity contribution in [2.45, 2.75) is 11.8 Å². The van der Waals surface area contributed by atoms with Crippen molar-refractivity contribution in [3.63, 3.8) is 0 Å². The summed E-state index contributed by atoms with van der Waals surface area (Å²) in [7, 11) is 0. The summed E-state index contributed by atoms with van der Waals surface area (Å²) in [5.41, 5.74) is 7.01. The predicted molar refractivity (Wildman–Crippen MR) is 169 cm³/mol. The van der Waals surface area contributed by atoms with Crippen LogP contribution in [0.2, 0.25) is 0 Å². The van der Waals surface area contributed by atoms with Crippen LogP contribution in [0.4, 0.5) is 0 Å². The van der Waals surface area contributed by atoms with E-state index in [4.69, 9.17) is 19.9 Å². The highest BCUT2D eigenvalue weighted by Crippen LogP contribution is 2.45. The third-order valence-electron chi connectivity index (χ3n) is 7.88. The molecule has 8 nitrogen and oxygen atoms in total. The number of hydrogen-bond acceptors (Lipinski definition) is 6. The standard InChI is InChI=1S/C36H26N8/c1-7-19-37-25(13-1)31(33-29-17-5-11-23-43(29)35(41-33)27-15-3-9-21-39-27)32(26-14-2-8-20-38-26)34-30-18-6-12-24-44(30)36(42-34)28-16-4-10-22-40-28/h1-24,31-32H. The van der Waals surface area contributed by atoms with Crippen molar-refractivity contribution in [2.24, 2.45) is 0 Å². The average molecular weight is 571 g/mol. The van der Waals surface area contributed by atoms with Crippen LogP contribution >= 0.6 is 0 Å². The highest BCUT2D eigenvalue weighted by molar-refractivity contribution is 5.69. The molecule has 2 atom stereocenters. The quantitative estimate of drug-likeness (QED) is 0.208. The summed E-state index contributed by atoms with van der Waals surface area (Å²) in [6.45, 7) is 0. The van der Waals surface area contributed by atoms with Crippen LogP contribution in [0.1, 0.15) is 34.6 Å². The van der Waals surface area contributed by atoms with Crippen LogP contribution in [0.15, 0.2) is 146 Å². The van der Waals surface area contributed by atoms with Crippen molar-refractivity contribution in [3.05, 3.63) is 169 Å². The van der Waals surface area contributed by atoms with E-state index in [2.05, 4.69) is 43.0 Å². The average Bonchev–Trinajstić information content (AvgIpc) is 3.68. The third kappa shape index (κ3) is 4.40. The summed E-state index contributed by atoms with van der Waals surface area (Å²) >= 11 is 0. The molecule has 0 amide bonds. The van der Waals surface area contributed by atoms with E-state index in [9.17, 15) is 0 Å². The predicted octanol–water partition coefficient (Wildman–Crippen LogP) is 6.86. The number of imidazole rings is 2. The summed E-state index contributed by atoms with van der Waals surface area (Å²) in [5.74, 6) is 0.856. The molecule has 210 valence electrons. The van der Waals surface area contributed by atoms with Gasteiger partial charge in [0.15, 0.2) is 11.6 Å². The van der Waals surface area contributed by atoms with Gasteiger partial charge >= 0.3 is 0 Å². The van der Waals surface area contributed by atoms with Crippen molar-refractivity contribution >= 4 is 11.0 Å². The maximum Gasteiger partial charge on any atom is 0.163 e. The molecule has 0 N–H and O–H groups in total. The Bertz CT molecular complexity index is 2020. The zero-order valence-corrected chi connectivity index (χ0v) is 23.6. The number of nitrogens with zero attached hydrogens (tertiary/aromatic N) is 8. The highest BCUT2D eigenvalue weighted by atomic mass is 15.1. The van der Waals surface area contributed by atoms with Gasteiger partial charge in [-0.2, -0.15) is 0 Å². The van der Waals surface area contributed by atoms with Crippen LogP contribution in [-0.2, 0) is 0 Å². The van der Waals surface area contributed by atoms with Gasteiger partial charge < -0.3 is 0 Å². The second-order valence-corrected chi connectivity index (χ2v) is 10.4. The van der Waals surface area contributed by atoms with E-state index in [1.165, 1.54) is 0 Å². The second kappa shape index (κ2) is 11.0. The van der Waals surface area contributed by atoms with E-state index in [1.54, 1.807) is 12.4 Å². The normalized spacial score (nSPS) is 12.8. The number of pyridine rings is 6. The van der Waals surface area contributed by atoms with Crippen LogP contribution in [0.3, 0.4) is 0 Å². The van der Waals surface area contributed by atoms with Crippen LogP contribution < -0.4 is 0 Å². The first kappa shape index (κ1) is 25.7. The van der Waals surface area contributed by atoms with Gasteiger partial charge in [-0.05, 0) is 72.8 Å². The molecule has 8 heterocycles. The highest BCUT2D eigenvalue weighted by Gasteiger charge is 2.37. The van der Waals surface area contributed by atoms with Crippen LogP contribution in [0, 0.1) is 0 Å². The van der Waals surface area contributed by atoms with Crippen molar-refractivity contribution in [1.82, 2.24) is 38.7 Å². The van der Waals surface area contributed by atoms with Gasteiger partial charge in [-0.3, -0.25) is 28.7 Å². The molecule has 0 fully saturated rings. The molecule has 0 aliphatic rings. The van der Waals surface area contributed by atoms with Crippen molar-refractivity contribution in [1.29, 1.82) is 0 Å². The molecular formula is C36H26N8. The van der Waals surface area contributed by atoms with E-state index in [0.717, 1.165) is 56.8 Å². The van der Waals surface area contributed by atoms with Crippen LogP contribution in [0.25, 0.3) is 34.1 Å². The molecule has 0 aliphatic carbocycles. The van der Waals surface area contributed by atoms with Crippen molar-refractivity contribution in [2.75, 3.05) is 0 Å². The van der Waals surface area contributed by atoms with E-state index in [-0.39, 0.29) is 11.8 Å². The molecule has 0 spiro atoms. The largest absolute Gasteiger partial charge is 0.298 e. The molecule has 0 saturated carbocycles. The number of aromatic nitrogens is 8. The molecular weight excluding hydrogens is 544 g/mol. The lowest BCUT2D eigenvalue weighted by molar-refractivity contribution is 0.640. The molecule has 0 aliphatic heterocycles. The molecule has 0 bridgehead atoms. The number of hydrogen-bond donors (Lipinski definition) is 0. The van der Waals surface area contributed by atoms with E-state index in [1.807, 2.05) is 110 Å². The minimum atomic E-state index is -0.337. The molecule has 8 rings (SSSR count). The van der Waals surface area contributed by atoms with Gasteiger partial charge in [0.25, 0.3) is 0 Å². The fourth-order valence-electron chi connectivity index (χ4n) is 5.99. The maximum atomic E-state index is 5.34. The third-order valence-corrected chi connectivity index (χ3v) is 7.88. The summed E-state index contributed by atoms with van der Waals surface area (Å²) in [5, 5.41) is 0. The van der Waals surface area contributed by atoms with Gasteiger partial charge in [0.05, 0.1) is 45.6 Å². The summed E-state index contributed by atoms with van der Waals surface area (Å²) < 4.78 is 4.21. The fraction of sp³-hybridized carbons (Fsp3) is 0.0556. The van der Waals surface area contributed by atoms with Crippen molar-refractivity contribution in [3.8, 4) is 23.0 Å². The van der Waals surface area contributed by atoms with Gasteiger partial charge in [0.2, 0.25) is 0 Å². The second-order valence-electron chi connectivity index (χ2n) is 10.4. The number of rotatable bonds is 7. The Balaban J connectivity index is 1.45. The lowest BCUT2D eigenvalue weighted by atomic mass is 9.80. The topological polar surface area (TPSA) is 86.2 Å². The Morgan fingerprint density at radius 2 is 0.818 bits per heavy atom. The van der Waals surface area contributed by atoms with E-state index >= 15 is 0 Å². The lowest BCUT2D eigenvalue weighted by Crippen LogP contribution is -2.18. The molecule has 8 aromatic rings. The molecule has 2 unspecified atom stereocenters. The maximum absolute atomic E-state index is 5.34. The zero-order chi connectivity index (χ0) is 29.3. The SMILES string of the molecule is c1ccc(-c2nc(C(c3ccccn3)C(c3ccccn3)c3nc(-c4ccccn4)n4ccccc34)c3ccccn23)nc1. The molecule has 0 aromatic carbocycles. The Morgan fingerprint density at radius 3 is 1.20 bits per heavy atom. The Kier molecular flexibility index (Phi) is 6.42. The van der Waals surface area contributed by atoms with Gasteiger partial charge in [0, 0.05) is 37.2 Å². The van der Waals surface area contributed by atoms with Gasteiger partial charge in [0.1, 0.15) is 11.4 Å². The summed E-state index contributed by atoms with van der Waals surface area (Å²) in [6, 6.07) is 36.1. The van der Waals surface area contributed by atoms with Gasteiger partial charge in [-0.15, -0.1) is 0 Å². The van der Waals surface area contributed by atoms with E-state index in [0.29, 0.717) is 0 Å². The summed E-state index contributed by atoms with van der Waals surface area (Å²) in [6.07, 6.45) is 11.3. The molecule has 44 heavy (non-hydrogen) atoms. The smallest absolute Gasteiger partial charge is 0.163 e. The Labute approximate surface area is 253 Å². The Hall–Kier alpha value is -6.02. The molecule has 8 aromatic heterocycles. The van der Waals surface area contributed by atoms with E-state index < -0.39 is 0 Å². The molecule has 0 saturated heterocycles. The van der Waals surface area contributed by atoms with Gasteiger partial charge in [-0.1, -0.05) is 36.4 Å².